The van der Waals surface area contributed by atoms with Gasteiger partial charge in [-0.25, -0.2) is 0 Å². The molecule has 0 unspecified atom stereocenters. The quantitative estimate of drug-likeness (QED) is 0.470. The molecule has 1 N–H and O–H groups in total. The predicted molar refractivity (Wildman–Crippen MR) is 90.4 cm³/mol. The van der Waals surface area contributed by atoms with Crippen LogP contribution in [0.1, 0.15) is 19.4 Å². The van der Waals surface area contributed by atoms with Crippen LogP contribution in [0.15, 0.2) is 29.4 Å². The lowest BCUT2D eigenvalue weighted by Gasteiger charge is -2.40. The van der Waals surface area contributed by atoms with Crippen LogP contribution in [0.4, 0.5) is 5.69 Å². The van der Waals surface area contributed by atoms with Crippen molar-refractivity contribution in [2.45, 2.75) is 56.9 Å². The topological polar surface area (TPSA) is 115 Å². The number of benzene rings is 1. The van der Waals surface area contributed by atoms with Crippen molar-refractivity contribution in [3.63, 3.8) is 0 Å². The van der Waals surface area contributed by atoms with Crippen molar-refractivity contribution in [3.8, 4) is 0 Å². The molecular formula is C17H23N3O6. The zero-order valence-electron chi connectivity index (χ0n) is 14.9. The van der Waals surface area contributed by atoms with E-state index in [4.69, 9.17) is 29.2 Å². The smallest absolute Gasteiger partial charge is 0.186 e. The first-order valence-corrected chi connectivity index (χ1v) is 8.38. The lowest BCUT2D eigenvalue weighted by molar-refractivity contribution is -0.280. The largest absolute Gasteiger partial charge is 0.394 e. The van der Waals surface area contributed by atoms with Gasteiger partial charge >= 0.3 is 0 Å². The van der Waals surface area contributed by atoms with Gasteiger partial charge in [-0.15, -0.1) is 0 Å². The summed E-state index contributed by atoms with van der Waals surface area (Å²) in [4.78, 5) is 2.83. The molecule has 26 heavy (non-hydrogen) atoms. The standard InChI is InChI=1S/C17H23N3O6/c1-17(2)25-14-13(12(8-21)24-16(22-3)15(14)26-17)23-9-10-6-4-5-7-11(10)19-20-18/h4-7,12-16,21H,8-9H2,1-3H3/t12-,13-,14+,15+,16+/m1/s1. The van der Waals surface area contributed by atoms with Crippen LogP contribution in [0.25, 0.3) is 10.4 Å². The second-order valence-electron chi connectivity index (χ2n) is 6.62. The summed E-state index contributed by atoms with van der Waals surface area (Å²) >= 11 is 0. The first-order valence-electron chi connectivity index (χ1n) is 8.38. The molecule has 2 heterocycles. The summed E-state index contributed by atoms with van der Waals surface area (Å²) in [6, 6.07) is 7.13. The lowest BCUT2D eigenvalue weighted by Crippen LogP contribution is -2.58. The maximum atomic E-state index is 9.74. The zero-order chi connectivity index (χ0) is 18.7. The monoisotopic (exact) mass is 365 g/mol. The highest BCUT2D eigenvalue weighted by Gasteiger charge is 2.55. The Morgan fingerprint density at radius 1 is 1.27 bits per heavy atom. The number of hydrogen-bond donors (Lipinski definition) is 1. The molecule has 0 bridgehead atoms. The second-order valence-corrected chi connectivity index (χ2v) is 6.62. The van der Waals surface area contributed by atoms with Crippen LogP contribution in [0.2, 0.25) is 0 Å². The number of methoxy groups -OCH3 is 1. The molecule has 0 radical (unpaired) electrons. The van der Waals surface area contributed by atoms with Crippen molar-refractivity contribution in [2.75, 3.05) is 13.7 Å². The Balaban J connectivity index is 1.80. The number of nitrogens with zero attached hydrogens (tertiary/aromatic N) is 3. The van der Waals surface area contributed by atoms with Gasteiger partial charge in [0, 0.05) is 17.7 Å². The molecular weight excluding hydrogens is 342 g/mol. The number of ether oxygens (including phenoxy) is 5. The summed E-state index contributed by atoms with van der Waals surface area (Å²) in [7, 11) is 1.52. The van der Waals surface area contributed by atoms with Gasteiger partial charge in [0.25, 0.3) is 0 Å². The first kappa shape index (κ1) is 19.1. The number of rotatable bonds is 6. The van der Waals surface area contributed by atoms with Gasteiger partial charge in [0.05, 0.1) is 13.2 Å². The molecule has 142 valence electrons. The Labute approximate surface area is 151 Å². The Morgan fingerprint density at radius 2 is 2.00 bits per heavy atom. The van der Waals surface area contributed by atoms with Crippen LogP contribution >= 0.6 is 0 Å². The molecule has 2 aliphatic heterocycles. The minimum Gasteiger partial charge on any atom is -0.394 e. The summed E-state index contributed by atoms with van der Waals surface area (Å²) in [6.45, 7) is 3.53. The van der Waals surface area contributed by atoms with Gasteiger partial charge < -0.3 is 28.8 Å². The first-order chi connectivity index (χ1) is 12.5. The fourth-order valence-corrected chi connectivity index (χ4v) is 3.32. The third-order valence-corrected chi connectivity index (χ3v) is 4.42. The Hall–Kier alpha value is -1.71. The van der Waals surface area contributed by atoms with Crippen molar-refractivity contribution >= 4 is 5.69 Å². The van der Waals surface area contributed by atoms with Crippen LogP contribution in [0, 0.1) is 0 Å². The van der Waals surface area contributed by atoms with Crippen molar-refractivity contribution < 1.29 is 28.8 Å². The van der Waals surface area contributed by atoms with E-state index >= 15 is 0 Å². The van der Waals surface area contributed by atoms with Gasteiger partial charge in [0.1, 0.15) is 24.4 Å². The number of hydrogen-bond acceptors (Lipinski definition) is 7. The molecule has 2 aliphatic rings. The van der Waals surface area contributed by atoms with E-state index in [9.17, 15) is 5.11 Å². The van der Waals surface area contributed by atoms with Crippen molar-refractivity contribution in [2.24, 2.45) is 5.11 Å². The van der Waals surface area contributed by atoms with E-state index < -0.39 is 36.5 Å². The molecule has 0 aromatic heterocycles. The number of aliphatic hydroxyl groups is 1. The van der Waals surface area contributed by atoms with Gasteiger partial charge in [-0.2, -0.15) is 0 Å². The summed E-state index contributed by atoms with van der Waals surface area (Å²) in [6.07, 6.45) is -2.81. The average molecular weight is 365 g/mol. The molecule has 0 amide bonds. The predicted octanol–water partition coefficient (Wildman–Crippen LogP) is 2.40. The van der Waals surface area contributed by atoms with E-state index in [2.05, 4.69) is 10.0 Å². The van der Waals surface area contributed by atoms with Gasteiger partial charge in [-0.3, -0.25) is 0 Å². The van der Waals surface area contributed by atoms with E-state index in [1.165, 1.54) is 7.11 Å². The van der Waals surface area contributed by atoms with E-state index in [0.29, 0.717) is 5.69 Å². The van der Waals surface area contributed by atoms with Gasteiger partial charge in [0.2, 0.25) is 0 Å². The van der Waals surface area contributed by atoms with Crippen molar-refractivity contribution in [3.05, 3.63) is 40.3 Å². The maximum absolute atomic E-state index is 9.74. The minimum absolute atomic E-state index is 0.171. The van der Waals surface area contributed by atoms with Gasteiger partial charge in [-0.1, -0.05) is 29.4 Å². The summed E-state index contributed by atoms with van der Waals surface area (Å²) in [5.41, 5.74) is 9.91. The van der Waals surface area contributed by atoms with Crippen LogP contribution in [-0.4, -0.2) is 55.3 Å². The van der Waals surface area contributed by atoms with Gasteiger partial charge in [0.15, 0.2) is 12.1 Å². The van der Waals surface area contributed by atoms with Crippen LogP contribution in [0.3, 0.4) is 0 Å². The molecule has 3 rings (SSSR count). The van der Waals surface area contributed by atoms with Gasteiger partial charge in [-0.05, 0) is 24.9 Å². The van der Waals surface area contributed by atoms with E-state index in [0.717, 1.165) is 5.56 Å². The molecule has 0 aliphatic carbocycles. The van der Waals surface area contributed by atoms with E-state index in [1.807, 2.05) is 12.1 Å². The molecule has 2 saturated heterocycles. The summed E-state index contributed by atoms with van der Waals surface area (Å²) in [5.74, 6) is -0.815. The Bertz CT molecular complexity index is 678. The van der Waals surface area contributed by atoms with Crippen LogP contribution < -0.4 is 0 Å². The second kappa shape index (κ2) is 7.89. The lowest BCUT2D eigenvalue weighted by atomic mass is 9.99. The molecule has 1 aromatic carbocycles. The zero-order valence-corrected chi connectivity index (χ0v) is 14.9. The van der Waals surface area contributed by atoms with E-state index in [-0.39, 0.29) is 13.2 Å². The Morgan fingerprint density at radius 3 is 2.69 bits per heavy atom. The number of fused-ring (bicyclic) bond motifs is 1. The minimum atomic E-state index is -0.815. The molecule has 2 fully saturated rings. The third-order valence-electron chi connectivity index (χ3n) is 4.42. The molecule has 0 spiro atoms. The number of azide groups is 1. The molecule has 9 nitrogen and oxygen atoms in total. The highest BCUT2D eigenvalue weighted by molar-refractivity contribution is 5.45. The van der Waals surface area contributed by atoms with E-state index in [1.54, 1.807) is 26.0 Å². The average Bonchev–Trinajstić information content (AvgIpc) is 2.95. The van der Waals surface area contributed by atoms with Crippen LogP contribution in [0.5, 0.6) is 0 Å². The van der Waals surface area contributed by atoms with Crippen LogP contribution in [-0.2, 0) is 30.3 Å². The SMILES string of the molecule is CO[C@H]1O[C@H](CO)[C@@H](OCc2ccccc2N=[N+]=[N-])[C@@H]2OC(C)(C)O[C@H]12. The molecule has 5 atom stereocenters. The highest BCUT2D eigenvalue weighted by Crippen LogP contribution is 2.39. The summed E-state index contributed by atoms with van der Waals surface area (Å²) in [5, 5.41) is 13.4. The molecule has 0 saturated carbocycles. The molecule has 9 heteroatoms. The molecule has 1 aromatic rings. The summed E-state index contributed by atoms with van der Waals surface area (Å²) < 4.78 is 29.0. The fourth-order valence-electron chi connectivity index (χ4n) is 3.32. The normalized spacial score (nSPS) is 32.7. The number of aliphatic hydroxyl groups excluding tert-OH is 1. The maximum Gasteiger partial charge on any atom is 0.186 e. The Kier molecular flexibility index (Phi) is 5.79. The van der Waals surface area contributed by atoms with Crippen molar-refractivity contribution in [1.82, 2.24) is 0 Å². The fraction of sp³-hybridized carbons (Fsp3) is 0.647. The third kappa shape index (κ3) is 3.84. The van der Waals surface area contributed by atoms with Crippen molar-refractivity contribution in [1.29, 1.82) is 0 Å². The highest BCUT2D eigenvalue weighted by atomic mass is 16.8.